The molecule has 7 heteroatoms. The summed E-state index contributed by atoms with van der Waals surface area (Å²) >= 11 is 6.58. The van der Waals surface area contributed by atoms with E-state index in [9.17, 15) is 4.79 Å². The quantitative estimate of drug-likeness (QED) is 0.370. The van der Waals surface area contributed by atoms with Gasteiger partial charge in [-0.3, -0.25) is 4.79 Å². The van der Waals surface area contributed by atoms with E-state index in [1.807, 2.05) is 37.4 Å². The Morgan fingerprint density at radius 2 is 1.81 bits per heavy atom. The Morgan fingerprint density at radius 3 is 2.46 bits per heavy atom. The molecule has 1 heterocycles. The predicted octanol–water partition coefficient (Wildman–Crippen LogP) is 6.08. The molecule has 0 spiro atoms. The molecule has 1 saturated carbocycles. The van der Waals surface area contributed by atoms with E-state index in [4.69, 9.17) is 11.6 Å². The first-order valence-electron chi connectivity index (χ1n) is 13.4. The van der Waals surface area contributed by atoms with Crippen LogP contribution >= 0.6 is 11.6 Å². The Bertz CT molecular complexity index is 1180. The maximum absolute atomic E-state index is 13.4. The summed E-state index contributed by atoms with van der Waals surface area (Å²) in [5.41, 5.74) is 3.85. The highest BCUT2D eigenvalue weighted by Gasteiger charge is 2.28. The largest absolute Gasteiger partial charge is 0.369 e. The molecular formula is C30H40ClN5O. The Hall–Kier alpha value is -2.83. The minimum atomic E-state index is -0.129. The van der Waals surface area contributed by atoms with Crippen LogP contribution in [0.3, 0.4) is 0 Å². The summed E-state index contributed by atoms with van der Waals surface area (Å²) in [5.74, 6) is 0.688. The third-order valence-electron chi connectivity index (χ3n) is 7.93. The molecule has 198 valence electrons. The van der Waals surface area contributed by atoms with Crippen LogP contribution in [0.25, 0.3) is 0 Å². The van der Waals surface area contributed by atoms with Gasteiger partial charge in [-0.1, -0.05) is 41.9 Å². The predicted molar refractivity (Wildman–Crippen MR) is 153 cm³/mol. The molecule has 1 atom stereocenters. The Kier molecular flexibility index (Phi) is 8.93. The van der Waals surface area contributed by atoms with E-state index in [1.165, 1.54) is 18.4 Å². The van der Waals surface area contributed by atoms with Gasteiger partial charge in [-0.25, -0.2) is 4.98 Å². The minimum absolute atomic E-state index is 0.121. The minimum Gasteiger partial charge on any atom is -0.369 e. The highest BCUT2D eigenvalue weighted by Crippen LogP contribution is 2.34. The molecule has 37 heavy (non-hydrogen) atoms. The van der Waals surface area contributed by atoms with E-state index in [0.717, 1.165) is 36.5 Å². The first kappa shape index (κ1) is 27.2. The molecular weight excluding hydrogens is 482 g/mol. The van der Waals surface area contributed by atoms with Crippen LogP contribution in [0.5, 0.6) is 0 Å². The van der Waals surface area contributed by atoms with Crippen molar-refractivity contribution >= 4 is 23.2 Å². The summed E-state index contributed by atoms with van der Waals surface area (Å²) in [7, 11) is 4.34. The normalized spacial score (nSPS) is 18.6. The number of rotatable bonds is 9. The van der Waals surface area contributed by atoms with Gasteiger partial charge in [0.15, 0.2) is 0 Å². The average Bonchev–Trinajstić information content (AvgIpc) is 3.38. The van der Waals surface area contributed by atoms with Crippen molar-refractivity contribution in [1.29, 1.82) is 0 Å². The molecule has 0 bridgehead atoms. The van der Waals surface area contributed by atoms with E-state index in [-0.39, 0.29) is 11.9 Å². The molecule has 0 saturated heterocycles. The number of aromatic nitrogens is 2. The fourth-order valence-corrected chi connectivity index (χ4v) is 5.90. The molecule has 1 aromatic heterocycles. The van der Waals surface area contributed by atoms with Crippen LogP contribution < -0.4 is 10.2 Å². The van der Waals surface area contributed by atoms with Crippen LogP contribution in [0, 0.1) is 6.92 Å². The second kappa shape index (κ2) is 12.1. The standard InChI is InChI=1S/C30H40ClN5O/c1-6-35(26-14-12-25(13-15-26)34(4)5)28-19-24(31)18-27(21(28)2)30(37)33-20-29-32-16-17-36(29)22(3)23-10-8-7-9-11-23/h7-11,16-19,22,25-26H,6,12-15,20H2,1-5H3,(H,33,37). The second-order valence-corrected chi connectivity index (χ2v) is 10.8. The second-order valence-electron chi connectivity index (χ2n) is 10.3. The van der Waals surface area contributed by atoms with Crippen LogP contribution in [-0.2, 0) is 6.54 Å². The Balaban J connectivity index is 1.49. The zero-order valence-corrected chi connectivity index (χ0v) is 23.5. The van der Waals surface area contributed by atoms with Crippen LogP contribution in [0.4, 0.5) is 5.69 Å². The molecule has 1 N–H and O–H groups in total. The van der Waals surface area contributed by atoms with Crippen LogP contribution in [0.15, 0.2) is 54.9 Å². The number of hydrogen-bond acceptors (Lipinski definition) is 4. The van der Waals surface area contributed by atoms with Crippen molar-refractivity contribution in [3.05, 3.63) is 82.4 Å². The van der Waals surface area contributed by atoms with E-state index < -0.39 is 0 Å². The molecule has 1 aliphatic carbocycles. The van der Waals surface area contributed by atoms with Gasteiger partial charge >= 0.3 is 0 Å². The van der Waals surface area contributed by atoms with Gasteiger partial charge in [0.1, 0.15) is 5.82 Å². The van der Waals surface area contributed by atoms with Gasteiger partial charge in [-0.2, -0.15) is 0 Å². The lowest BCUT2D eigenvalue weighted by Crippen LogP contribution is -2.42. The number of nitrogens with zero attached hydrogens (tertiary/aromatic N) is 4. The maximum atomic E-state index is 13.4. The summed E-state index contributed by atoms with van der Waals surface area (Å²) in [6, 6.07) is 15.3. The Labute approximate surface area is 226 Å². The third-order valence-corrected chi connectivity index (χ3v) is 8.15. The number of carbonyl (C=O) groups is 1. The van der Waals surface area contributed by atoms with E-state index >= 15 is 0 Å². The summed E-state index contributed by atoms with van der Waals surface area (Å²) in [6.07, 6.45) is 8.42. The molecule has 1 aliphatic rings. The van der Waals surface area contributed by atoms with Crippen LogP contribution in [0.2, 0.25) is 5.02 Å². The van der Waals surface area contributed by atoms with Gasteiger partial charge in [0.25, 0.3) is 5.91 Å². The number of nitrogens with one attached hydrogen (secondary N) is 1. The van der Waals surface area contributed by atoms with Gasteiger partial charge in [-0.15, -0.1) is 0 Å². The van der Waals surface area contributed by atoms with E-state index in [2.05, 4.69) is 64.7 Å². The monoisotopic (exact) mass is 521 g/mol. The first-order valence-corrected chi connectivity index (χ1v) is 13.8. The van der Waals surface area contributed by atoms with Gasteiger partial charge in [0.2, 0.25) is 0 Å². The first-order chi connectivity index (χ1) is 17.8. The smallest absolute Gasteiger partial charge is 0.252 e. The lowest BCUT2D eigenvalue weighted by molar-refractivity contribution is 0.0948. The summed E-state index contributed by atoms with van der Waals surface area (Å²) < 4.78 is 2.11. The molecule has 2 aromatic carbocycles. The van der Waals surface area contributed by atoms with E-state index in [1.54, 1.807) is 12.3 Å². The lowest BCUT2D eigenvalue weighted by atomic mass is 9.89. The summed E-state index contributed by atoms with van der Waals surface area (Å²) in [4.78, 5) is 22.7. The molecule has 1 fully saturated rings. The number of imidazole rings is 1. The maximum Gasteiger partial charge on any atom is 0.252 e. The lowest BCUT2D eigenvalue weighted by Gasteiger charge is -2.40. The molecule has 1 amide bonds. The number of benzene rings is 2. The summed E-state index contributed by atoms with van der Waals surface area (Å²) in [6.45, 7) is 7.59. The zero-order valence-electron chi connectivity index (χ0n) is 22.7. The van der Waals surface area contributed by atoms with Crippen molar-refractivity contribution in [2.75, 3.05) is 25.5 Å². The SMILES string of the molecule is CCN(c1cc(Cl)cc(C(=O)NCc2nccn2C(C)c2ccccc2)c1C)C1CCC(N(C)C)CC1. The van der Waals surface area contributed by atoms with Gasteiger partial charge in [0.05, 0.1) is 12.6 Å². The molecule has 6 nitrogen and oxygen atoms in total. The highest BCUT2D eigenvalue weighted by molar-refractivity contribution is 6.31. The van der Waals surface area contributed by atoms with E-state index in [0.29, 0.717) is 29.2 Å². The number of halogens is 1. The third kappa shape index (κ3) is 6.19. The van der Waals surface area contributed by atoms with Gasteiger partial charge < -0.3 is 19.7 Å². The van der Waals surface area contributed by atoms with Gasteiger partial charge in [0, 0.05) is 47.3 Å². The van der Waals surface area contributed by atoms with Crippen molar-refractivity contribution in [2.24, 2.45) is 0 Å². The van der Waals surface area contributed by atoms with Crippen molar-refractivity contribution in [1.82, 2.24) is 19.8 Å². The van der Waals surface area contributed by atoms with Crippen molar-refractivity contribution in [2.45, 2.75) is 71.1 Å². The van der Waals surface area contributed by atoms with Crippen molar-refractivity contribution < 1.29 is 4.79 Å². The molecule has 1 unspecified atom stereocenters. The molecule has 0 radical (unpaired) electrons. The topological polar surface area (TPSA) is 53.4 Å². The number of carbonyl (C=O) groups excluding carboxylic acids is 1. The highest BCUT2D eigenvalue weighted by atomic mass is 35.5. The van der Waals surface area contributed by atoms with Crippen LogP contribution in [-0.4, -0.2) is 53.1 Å². The summed E-state index contributed by atoms with van der Waals surface area (Å²) in [5, 5.41) is 3.68. The van der Waals surface area contributed by atoms with Crippen molar-refractivity contribution in [3.63, 3.8) is 0 Å². The number of hydrogen-bond donors (Lipinski definition) is 1. The number of amides is 1. The average molecular weight is 522 g/mol. The molecule has 3 aromatic rings. The van der Waals surface area contributed by atoms with Crippen molar-refractivity contribution in [3.8, 4) is 0 Å². The fourth-order valence-electron chi connectivity index (χ4n) is 5.69. The molecule has 0 aliphatic heterocycles. The Morgan fingerprint density at radius 1 is 1.14 bits per heavy atom. The zero-order chi connectivity index (χ0) is 26.5. The number of anilines is 1. The molecule has 4 rings (SSSR count). The van der Waals surface area contributed by atoms with Gasteiger partial charge in [-0.05, 0) is 83.8 Å². The van der Waals surface area contributed by atoms with Crippen LogP contribution in [0.1, 0.15) is 72.9 Å². The fraction of sp³-hybridized carbons (Fsp3) is 0.467.